The molecule has 1 saturated carbocycles. The van der Waals surface area contributed by atoms with Gasteiger partial charge in [-0.15, -0.1) is 11.8 Å². The van der Waals surface area contributed by atoms with Crippen LogP contribution in [-0.4, -0.2) is 40.8 Å². The van der Waals surface area contributed by atoms with E-state index >= 15 is 0 Å². The van der Waals surface area contributed by atoms with Crippen LogP contribution in [0.5, 0.6) is 0 Å². The Kier molecular flexibility index (Phi) is 6.35. The number of rotatable bonds is 5. The molecule has 2 aliphatic rings. The second-order valence-corrected chi connectivity index (χ2v) is 8.04. The van der Waals surface area contributed by atoms with Gasteiger partial charge >= 0.3 is 0 Å². The first-order valence-electron chi connectivity index (χ1n) is 9.26. The van der Waals surface area contributed by atoms with Gasteiger partial charge < -0.3 is 10.2 Å². The summed E-state index contributed by atoms with van der Waals surface area (Å²) in [5, 5.41) is 4.28. The van der Waals surface area contributed by atoms with E-state index in [1.165, 1.54) is 19.3 Å². The normalized spacial score (nSPS) is 20.1. The van der Waals surface area contributed by atoms with Crippen LogP contribution in [0, 0.1) is 5.92 Å². The van der Waals surface area contributed by atoms with Gasteiger partial charge in [-0.3, -0.25) is 9.78 Å². The number of amides is 1. The molecule has 0 radical (unpaired) electrons. The van der Waals surface area contributed by atoms with Gasteiger partial charge in [0.2, 0.25) is 5.91 Å². The molecule has 2 heterocycles. The summed E-state index contributed by atoms with van der Waals surface area (Å²) in [6.07, 6.45) is 11.5. The van der Waals surface area contributed by atoms with Crippen LogP contribution in [-0.2, 0) is 4.79 Å². The Balaban J connectivity index is 1.48. The molecule has 2 fully saturated rings. The van der Waals surface area contributed by atoms with E-state index in [0.717, 1.165) is 55.4 Å². The van der Waals surface area contributed by atoms with E-state index in [1.54, 1.807) is 11.8 Å². The summed E-state index contributed by atoms with van der Waals surface area (Å²) in [5.74, 6) is 2.51. The number of carbonyl (C=O) groups is 1. The molecule has 6 heteroatoms. The molecule has 3 rings (SSSR count). The molecular formula is C18H28N4OS. The molecule has 1 saturated heterocycles. The molecular weight excluding hydrogens is 320 g/mol. The topological polar surface area (TPSA) is 58.1 Å². The number of piperidine rings is 1. The predicted octanol–water partition coefficient (Wildman–Crippen LogP) is 3.25. The Morgan fingerprint density at radius 1 is 1.21 bits per heavy atom. The molecule has 1 amide bonds. The molecule has 0 unspecified atom stereocenters. The molecule has 1 aromatic heterocycles. The van der Waals surface area contributed by atoms with Crippen LogP contribution >= 0.6 is 11.8 Å². The van der Waals surface area contributed by atoms with Crippen molar-refractivity contribution in [3.8, 4) is 0 Å². The highest BCUT2D eigenvalue weighted by molar-refractivity contribution is 7.99. The number of nitrogens with zero attached hydrogens (tertiary/aromatic N) is 3. The van der Waals surface area contributed by atoms with Crippen molar-refractivity contribution in [3.05, 3.63) is 12.4 Å². The molecule has 1 aliphatic heterocycles. The molecule has 0 atom stereocenters. The van der Waals surface area contributed by atoms with Crippen LogP contribution < -0.4 is 10.2 Å². The Labute approximate surface area is 149 Å². The van der Waals surface area contributed by atoms with Crippen molar-refractivity contribution >= 4 is 23.5 Å². The minimum Gasteiger partial charge on any atom is -0.355 e. The third kappa shape index (κ3) is 4.62. The molecule has 132 valence electrons. The molecule has 0 aromatic carbocycles. The summed E-state index contributed by atoms with van der Waals surface area (Å²) in [6, 6.07) is 0.317. The summed E-state index contributed by atoms with van der Waals surface area (Å²) in [7, 11) is 0. The van der Waals surface area contributed by atoms with E-state index in [-0.39, 0.29) is 11.8 Å². The van der Waals surface area contributed by atoms with Crippen molar-refractivity contribution in [3.63, 3.8) is 0 Å². The first-order valence-corrected chi connectivity index (χ1v) is 10.2. The number of nitrogens with one attached hydrogen (secondary N) is 1. The zero-order valence-electron chi connectivity index (χ0n) is 14.5. The van der Waals surface area contributed by atoms with Crippen molar-refractivity contribution in [1.82, 2.24) is 15.3 Å². The number of thioether (sulfide) groups is 1. The van der Waals surface area contributed by atoms with Crippen molar-refractivity contribution in [1.29, 1.82) is 0 Å². The quantitative estimate of drug-likeness (QED) is 0.828. The van der Waals surface area contributed by atoms with Gasteiger partial charge in [-0.25, -0.2) is 4.98 Å². The monoisotopic (exact) mass is 348 g/mol. The van der Waals surface area contributed by atoms with Gasteiger partial charge in [0.15, 0.2) is 0 Å². The Morgan fingerprint density at radius 3 is 2.67 bits per heavy atom. The molecule has 5 nitrogen and oxygen atoms in total. The van der Waals surface area contributed by atoms with Crippen LogP contribution in [0.15, 0.2) is 17.4 Å². The van der Waals surface area contributed by atoms with Gasteiger partial charge in [0.1, 0.15) is 10.8 Å². The number of hydrogen-bond donors (Lipinski definition) is 1. The highest BCUT2D eigenvalue weighted by Gasteiger charge is 2.26. The molecule has 0 spiro atoms. The minimum absolute atomic E-state index is 0.255. The van der Waals surface area contributed by atoms with E-state index in [0.29, 0.717) is 6.04 Å². The van der Waals surface area contributed by atoms with Crippen LogP contribution in [0.4, 0.5) is 5.82 Å². The number of hydrogen-bond acceptors (Lipinski definition) is 5. The Morgan fingerprint density at radius 2 is 1.96 bits per heavy atom. The lowest BCUT2D eigenvalue weighted by molar-refractivity contribution is -0.126. The third-order valence-electron chi connectivity index (χ3n) is 5.03. The first-order chi connectivity index (χ1) is 11.8. The largest absolute Gasteiger partial charge is 0.355 e. The highest BCUT2D eigenvalue weighted by atomic mass is 32.2. The third-order valence-corrected chi connectivity index (χ3v) is 5.81. The van der Waals surface area contributed by atoms with Gasteiger partial charge in [0, 0.05) is 25.0 Å². The summed E-state index contributed by atoms with van der Waals surface area (Å²) >= 11 is 1.72. The van der Waals surface area contributed by atoms with Gasteiger partial charge in [0.05, 0.1) is 12.4 Å². The first kappa shape index (κ1) is 17.5. The van der Waals surface area contributed by atoms with Gasteiger partial charge in [-0.1, -0.05) is 26.2 Å². The van der Waals surface area contributed by atoms with Gasteiger partial charge in [-0.05, 0) is 31.4 Å². The highest BCUT2D eigenvalue weighted by Crippen LogP contribution is 2.25. The molecule has 1 N–H and O–H groups in total. The van der Waals surface area contributed by atoms with E-state index in [2.05, 4.69) is 27.1 Å². The molecule has 1 aliphatic carbocycles. The molecule has 1 aromatic rings. The van der Waals surface area contributed by atoms with Crippen molar-refractivity contribution in [2.45, 2.75) is 62.9 Å². The second kappa shape index (κ2) is 8.70. The SMILES string of the molecule is CCSc1cncc(N2CCC(NC(=O)C3CCCCC3)CC2)n1. The van der Waals surface area contributed by atoms with Crippen LogP contribution in [0.25, 0.3) is 0 Å². The standard InChI is InChI=1S/C18H28N4OS/c1-2-24-17-13-19-12-16(21-17)22-10-8-15(9-11-22)20-18(23)14-6-4-3-5-7-14/h12-15H,2-11H2,1H3,(H,20,23). The summed E-state index contributed by atoms with van der Waals surface area (Å²) in [4.78, 5) is 23.7. The van der Waals surface area contributed by atoms with Crippen molar-refractivity contribution in [2.24, 2.45) is 5.92 Å². The summed E-state index contributed by atoms with van der Waals surface area (Å²) in [6.45, 7) is 3.99. The lowest BCUT2D eigenvalue weighted by Crippen LogP contribution is -2.46. The molecule has 0 bridgehead atoms. The van der Waals surface area contributed by atoms with E-state index in [4.69, 9.17) is 0 Å². The maximum atomic E-state index is 12.4. The second-order valence-electron chi connectivity index (χ2n) is 6.75. The van der Waals surface area contributed by atoms with E-state index in [1.807, 2.05) is 12.4 Å². The zero-order valence-corrected chi connectivity index (χ0v) is 15.4. The van der Waals surface area contributed by atoms with Crippen LogP contribution in [0.3, 0.4) is 0 Å². The summed E-state index contributed by atoms with van der Waals surface area (Å²) < 4.78 is 0. The predicted molar refractivity (Wildman–Crippen MR) is 98.4 cm³/mol. The number of anilines is 1. The van der Waals surface area contributed by atoms with Crippen LogP contribution in [0.1, 0.15) is 51.9 Å². The average molecular weight is 349 g/mol. The van der Waals surface area contributed by atoms with Crippen LogP contribution in [0.2, 0.25) is 0 Å². The number of carbonyl (C=O) groups excluding carboxylic acids is 1. The lowest BCUT2D eigenvalue weighted by Gasteiger charge is -2.34. The smallest absolute Gasteiger partial charge is 0.223 e. The van der Waals surface area contributed by atoms with Gasteiger partial charge in [-0.2, -0.15) is 0 Å². The van der Waals surface area contributed by atoms with E-state index < -0.39 is 0 Å². The minimum atomic E-state index is 0.255. The Bertz CT molecular complexity index is 540. The van der Waals surface area contributed by atoms with E-state index in [9.17, 15) is 4.79 Å². The Hall–Kier alpha value is -1.30. The average Bonchev–Trinajstić information content (AvgIpc) is 2.63. The molecule has 24 heavy (non-hydrogen) atoms. The van der Waals surface area contributed by atoms with Gasteiger partial charge in [0.25, 0.3) is 0 Å². The number of aromatic nitrogens is 2. The fraction of sp³-hybridized carbons (Fsp3) is 0.722. The summed E-state index contributed by atoms with van der Waals surface area (Å²) in [5.41, 5.74) is 0. The zero-order chi connectivity index (χ0) is 16.8. The van der Waals surface area contributed by atoms with Crippen molar-refractivity contribution in [2.75, 3.05) is 23.7 Å². The van der Waals surface area contributed by atoms with Crippen molar-refractivity contribution < 1.29 is 4.79 Å². The maximum absolute atomic E-state index is 12.4. The fourth-order valence-corrected chi connectivity index (χ4v) is 4.23. The maximum Gasteiger partial charge on any atom is 0.223 e. The fourth-order valence-electron chi connectivity index (χ4n) is 3.64. The lowest BCUT2D eigenvalue weighted by atomic mass is 9.88.